The number of nitrogens with one attached hydrogen (secondary N) is 1. The van der Waals surface area contributed by atoms with Crippen molar-refractivity contribution in [2.45, 2.75) is 25.5 Å². The Kier molecular flexibility index (Phi) is 4.38. The standard InChI is InChI=1S/C15H16N2O3/c1-2-20-9-11(8-16)15(19)17-14-12-6-4-3-5-10(12)7-13(14)18/h3-6,9,13-14,18H,2,7H2,1H3,(H,17,19)/b11-9-/t13-,14+/m0/s1. The van der Waals surface area contributed by atoms with E-state index in [1.54, 1.807) is 13.0 Å². The molecule has 0 heterocycles. The normalized spacial score (nSPS) is 20.9. The molecule has 2 N–H and O–H groups in total. The number of aliphatic hydroxyl groups excluding tert-OH is 1. The first-order valence-electron chi connectivity index (χ1n) is 6.46. The number of hydrogen-bond donors (Lipinski definition) is 2. The van der Waals surface area contributed by atoms with Crippen LogP contribution in [0.1, 0.15) is 24.1 Å². The van der Waals surface area contributed by atoms with Crippen LogP contribution in [0, 0.1) is 11.3 Å². The predicted octanol–water partition coefficient (Wildman–Crippen LogP) is 1.20. The first-order chi connectivity index (χ1) is 9.67. The molecule has 5 heteroatoms. The van der Waals surface area contributed by atoms with E-state index >= 15 is 0 Å². The highest BCUT2D eigenvalue weighted by molar-refractivity contribution is 5.97. The predicted molar refractivity (Wildman–Crippen MR) is 72.4 cm³/mol. The molecule has 0 radical (unpaired) electrons. The van der Waals surface area contributed by atoms with Gasteiger partial charge in [0.15, 0.2) is 5.57 Å². The largest absolute Gasteiger partial charge is 0.500 e. The molecular weight excluding hydrogens is 256 g/mol. The van der Waals surface area contributed by atoms with Crippen molar-refractivity contribution < 1.29 is 14.6 Å². The number of nitriles is 1. The molecule has 2 rings (SSSR count). The van der Waals surface area contributed by atoms with Gasteiger partial charge in [0.05, 0.1) is 18.8 Å². The van der Waals surface area contributed by atoms with Crippen molar-refractivity contribution in [3.05, 3.63) is 47.2 Å². The quantitative estimate of drug-likeness (QED) is 0.490. The molecule has 20 heavy (non-hydrogen) atoms. The summed E-state index contributed by atoms with van der Waals surface area (Å²) in [6, 6.07) is 8.85. The van der Waals surface area contributed by atoms with E-state index in [-0.39, 0.29) is 5.57 Å². The fourth-order valence-electron chi connectivity index (χ4n) is 2.26. The lowest BCUT2D eigenvalue weighted by Crippen LogP contribution is -2.34. The summed E-state index contributed by atoms with van der Waals surface area (Å²) in [5.41, 5.74) is 1.79. The molecule has 1 aliphatic carbocycles. The minimum atomic E-state index is -0.677. The van der Waals surface area contributed by atoms with Crippen LogP contribution in [0.25, 0.3) is 0 Å². The molecule has 1 amide bonds. The minimum absolute atomic E-state index is 0.108. The molecule has 0 spiro atoms. The van der Waals surface area contributed by atoms with Crippen LogP contribution < -0.4 is 5.32 Å². The second-order valence-electron chi connectivity index (χ2n) is 4.52. The SMILES string of the molecule is CCO/C=C(/C#N)C(=O)N[C@@H]1c2ccccc2C[C@@H]1O. The van der Waals surface area contributed by atoms with Crippen molar-refractivity contribution in [2.75, 3.05) is 6.61 Å². The van der Waals surface area contributed by atoms with Crippen LogP contribution in [-0.4, -0.2) is 23.7 Å². The number of carbonyl (C=O) groups excluding carboxylic acids is 1. The summed E-state index contributed by atoms with van der Waals surface area (Å²) >= 11 is 0. The fourth-order valence-corrected chi connectivity index (χ4v) is 2.26. The van der Waals surface area contributed by atoms with Gasteiger partial charge in [-0.3, -0.25) is 4.79 Å². The van der Waals surface area contributed by atoms with Crippen LogP contribution in [0.15, 0.2) is 36.1 Å². The van der Waals surface area contributed by atoms with Gasteiger partial charge >= 0.3 is 0 Å². The van der Waals surface area contributed by atoms with Crippen LogP contribution in [0.4, 0.5) is 0 Å². The Morgan fingerprint density at radius 3 is 3.05 bits per heavy atom. The van der Waals surface area contributed by atoms with E-state index in [1.807, 2.05) is 24.3 Å². The summed E-state index contributed by atoms with van der Waals surface area (Å²) in [5.74, 6) is -0.540. The van der Waals surface area contributed by atoms with Gasteiger partial charge in [0.1, 0.15) is 12.3 Å². The van der Waals surface area contributed by atoms with E-state index < -0.39 is 18.1 Å². The van der Waals surface area contributed by atoms with Gasteiger partial charge < -0.3 is 15.2 Å². The highest BCUT2D eigenvalue weighted by Gasteiger charge is 2.32. The van der Waals surface area contributed by atoms with Crippen LogP contribution in [-0.2, 0) is 16.0 Å². The Hall–Kier alpha value is -2.32. The third-order valence-electron chi connectivity index (χ3n) is 3.22. The smallest absolute Gasteiger partial charge is 0.265 e. The topological polar surface area (TPSA) is 82.3 Å². The number of rotatable bonds is 4. The molecule has 1 aliphatic rings. The van der Waals surface area contributed by atoms with Gasteiger partial charge in [-0.25, -0.2) is 0 Å². The maximum atomic E-state index is 12.0. The van der Waals surface area contributed by atoms with E-state index in [0.717, 1.165) is 17.4 Å². The lowest BCUT2D eigenvalue weighted by Gasteiger charge is -2.17. The molecule has 0 aliphatic heterocycles. The number of fused-ring (bicyclic) bond motifs is 1. The molecule has 104 valence electrons. The summed E-state index contributed by atoms with van der Waals surface area (Å²) in [4.78, 5) is 12.0. The zero-order valence-electron chi connectivity index (χ0n) is 11.2. The van der Waals surface area contributed by atoms with Crippen LogP contribution in [0.3, 0.4) is 0 Å². The highest BCUT2D eigenvalue weighted by Crippen LogP contribution is 2.31. The Morgan fingerprint density at radius 2 is 2.35 bits per heavy atom. The van der Waals surface area contributed by atoms with Crippen LogP contribution >= 0.6 is 0 Å². The number of amides is 1. The summed E-state index contributed by atoms with van der Waals surface area (Å²) in [7, 11) is 0. The summed E-state index contributed by atoms with van der Waals surface area (Å²) < 4.78 is 4.96. The Labute approximate surface area is 117 Å². The van der Waals surface area contributed by atoms with Gasteiger partial charge in [0.25, 0.3) is 5.91 Å². The molecule has 1 aromatic rings. The Bertz CT molecular complexity index is 575. The summed E-state index contributed by atoms with van der Waals surface area (Å²) in [6.45, 7) is 2.15. The van der Waals surface area contributed by atoms with E-state index in [0.29, 0.717) is 13.0 Å². The molecule has 0 aromatic heterocycles. The van der Waals surface area contributed by atoms with Crippen molar-refractivity contribution >= 4 is 5.91 Å². The van der Waals surface area contributed by atoms with Gasteiger partial charge in [-0.05, 0) is 18.1 Å². The monoisotopic (exact) mass is 272 g/mol. The van der Waals surface area contributed by atoms with E-state index in [4.69, 9.17) is 10.00 Å². The van der Waals surface area contributed by atoms with Gasteiger partial charge in [-0.1, -0.05) is 24.3 Å². The molecule has 0 saturated carbocycles. The zero-order valence-corrected chi connectivity index (χ0v) is 11.2. The van der Waals surface area contributed by atoms with Crippen LogP contribution in [0.5, 0.6) is 0 Å². The molecule has 0 unspecified atom stereocenters. The number of ether oxygens (including phenoxy) is 1. The molecule has 0 saturated heterocycles. The fraction of sp³-hybridized carbons (Fsp3) is 0.333. The molecule has 0 fully saturated rings. The first kappa shape index (κ1) is 14.1. The summed E-state index contributed by atoms with van der Waals surface area (Å²) in [6.07, 6.45) is 0.962. The average Bonchev–Trinajstić information content (AvgIpc) is 2.76. The number of hydrogen-bond acceptors (Lipinski definition) is 4. The van der Waals surface area contributed by atoms with Crippen molar-refractivity contribution in [2.24, 2.45) is 0 Å². The average molecular weight is 272 g/mol. The molecule has 0 bridgehead atoms. The molecule has 5 nitrogen and oxygen atoms in total. The number of aliphatic hydroxyl groups is 1. The zero-order chi connectivity index (χ0) is 14.5. The van der Waals surface area contributed by atoms with Crippen molar-refractivity contribution in [1.82, 2.24) is 5.32 Å². The third-order valence-corrected chi connectivity index (χ3v) is 3.22. The van der Waals surface area contributed by atoms with E-state index in [1.165, 1.54) is 0 Å². The van der Waals surface area contributed by atoms with Crippen molar-refractivity contribution in [3.63, 3.8) is 0 Å². The first-order valence-corrected chi connectivity index (χ1v) is 6.46. The van der Waals surface area contributed by atoms with Gasteiger partial charge in [0, 0.05) is 6.42 Å². The van der Waals surface area contributed by atoms with Crippen molar-refractivity contribution in [1.29, 1.82) is 5.26 Å². The maximum absolute atomic E-state index is 12.0. The molecule has 2 atom stereocenters. The number of nitrogens with zero attached hydrogens (tertiary/aromatic N) is 1. The number of benzene rings is 1. The van der Waals surface area contributed by atoms with E-state index in [9.17, 15) is 9.90 Å². The van der Waals surface area contributed by atoms with Crippen molar-refractivity contribution in [3.8, 4) is 6.07 Å². The lowest BCUT2D eigenvalue weighted by atomic mass is 10.1. The second kappa shape index (κ2) is 6.22. The number of carbonyl (C=O) groups is 1. The lowest BCUT2D eigenvalue weighted by molar-refractivity contribution is -0.118. The Balaban J connectivity index is 2.14. The third kappa shape index (κ3) is 2.81. The molecular formula is C15H16N2O3. The second-order valence-corrected chi connectivity index (χ2v) is 4.52. The van der Waals surface area contributed by atoms with Gasteiger partial charge in [-0.15, -0.1) is 0 Å². The van der Waals surface area contributed by atoms with Crippen LogP contribution in [0.2, 0.25) is 0 Å². The Morgan fingerprint density at radius 1 is 1.60 bits per heavy atom. The minimum Gasteiger partial charge on any atom is -0.500 e. The van der Waals surface area contributed by atoms with Gasteiger partial charge in [-0.2, -0.15) is 5.26 Å². The summed E-state index contributed by atoms with van der Waals surface area (Å²) in [5, 5.41) is 21.7. The van der Waals surface area contributed by atoms with Gasteiger partial charge in [0.2, 0.25) is 0 Å². The molecule has 1 aromatic carbocycles. The highest BCUT2D eigenvalue weighted by atomic mass is 16.5. The maximum Gasteiger partial charge on any atom is 0.265 e. The van der Waals surface area contributed by atoms with E-state index in [2.05, 4.69) is 5.32 Å².